The van der Waals surface area contributed by atoms with E-state index < -0.39 is 10.0 Å². The highest BCUT2D eigenvalue weighted by Gasteiger charge is 2.24. The maximum Gasteiger partial charge on any atom is 0.243 e. The molecule has 0 aliphatic carbocycles. The lowest BCUT2D eigenvalue weighted by molar-refractivity contribution is 0.180. The molecule has 0 bridgehead atoms. The van der Waals surface area contributed by atoms with Gasteiger partial charge in [0.2, 0.25) is 10.0 Å². The molecule has 19 heavy (non-hydrogen) atoms. The Labute approximate surface area is 115 Å². The van der Waals surface area contributed by atoms with Crippen LogP contribution >= 0.6 is 0 Å². The second kappa shape index (κ2) is 7.59. The Morgan fingerprint density at radius 2 is 2.00 bits per heavy atom. The number of likely N-dealkylation sites (N-methyl/N-ethyl adjacent to an activating group) is 1. The van der Waals surface area contributed by atoms with E-state index in [4.69, 9.17) is 4.74 Å². The standard InChI is InChI=1S/C13H22N2O3S/c1-4-15(9-10-18-3)19(16,17)13-8-6-5-7-12(13)11-14-2/h5-8,14H,4,9-11H2,1-3H3. The van der Waals surface area contributed by atoms with E-state index in [0.29, 0.717) is 31.1 Å². The monoisotopic (exact) mass is 286 g/mol. The van der Waals surface area contributed by atoms with Crippen molar-refractivity contribution in [2.75, 3.05) is 33.9 Å². The SMILES string of the molecule is CCN(CCOC)S(=O)(=O)c1ccccc1CNC. The van der Waals surface area contributed by atoms with Gasteiger partial charge in [0.25, 0.3) is 0 Å². The van der Waals surface area contributed by atoms with Crippen LogP contribution in [0.1, 0.15) is 12.5 Å². The zero-order valence-electron chi connectivity index (χ0n) is 11.7. The van der Waals surface area contributed by atoms with E-state index in [1.807, 2.05) is 19.1 Å². The average Bonchev–Trinajstić information content (AvgIpc) is 2.40. The Hall–Kier alpha value is -0.950. The summed E-state index contributed by atoms with van der Waals surface area (Å²) in [5.41, 5.74) is 0.779. The summed E-state index contributed by atoms with van der Waals surface area (Å²) in [6, 6.07) is 7.07. The Morgan fingerprint density at radius 1 is 1.32 bits per heavy atom. The van der Waals surface area contributed by atoms with Crippen molar-refractivity contribution in [1.82, 2.24) is 9.62 Å². The van der Waals surface area contributed by atoms with Crippen molar-refractivity contribution in [1.29, 1.82) is 0 Å². The van der Waals surface area contributed by atoms with Gasteiger partial charge in [-0.25, -0.2) is 8.42 Å². The van der Waals surface area contributed by atoms with Gasteiger partial charge in [0.05, 0.1) is 11.5 Å². The molecular weight excluding hydrogens is 264 g/mol. The van der Waals surface area contributed by atoms with Crippen molar-refractivity contribution in [3.63, 3.8) is 0 Å². The molecule has 0 aromatic heterocycles. The van der Waals surface area contributed by atoms with Gasteiger partial charge in [-0.2, -0.15) is 4.31 Å². The molecule has 108 valence electrons. The van der Waals surface area contributed by atoms with Crippen molar-refractivity contribution in [2.45, 2.75) is 18.4 Å². The smallest absolute Gasteiger partial charge is 0.243 e. The van der Waals surface area contributed by atoms with Crippen LogP contribution in [0.5, 0.6) is 0 Å². The highest BCUT2D eigenvalue weighted by atomic mass is 32.2. The molecule has 5 nitrogen and oxygen atoms in total. The third-order valence-electron chi connectivity index (χ3n) is 2.86. The lowest BCUT2D eigenvalue weighted by Gasteiger charge is -2.21. The summed E-state index contributed by atoms with van der Waals surface area (Å²) < 4.78 is 31.6. The fourth-order valence-corrected chi connectivity index (χ4v) is 3.53. The number of rotatable bonds is 8. The van der Waals surface area contributed by atoms with E-state index in [2.05, 4.69) is 5.32 Å². The number of benzene rings is 1. The van der Waals surface area contributed by atoms with Crippen LogP contribution in [0.4, 0.5) is 0 Å². The Balaban J connectivity index is 3.10. The molecule has 1 N–H and O–H groups in total. The topological polar surface area (TPSA) is 58.6 Å². The summed E-state index contributed by atoms with van der Waals surface area (Å²) in [7, 11) is -0.100. The summed E-state index contributed by atoms with van der Waals surface area (Å²) in [6.45, 7) is 3.54. The summed E-state index contributed by atoms with van der Waals surface area (Å²) in [5.74, 6) is 0. The Bertz CT molecular complexity index is 488. The molecule has 0 unspecified atom stereocenters. The fraction of sp³-hybridized carbons (Fsp3) is 0.538. The van der Waals surface area contributed by atoms with Crippen LogP contribution in [0.2, 0.25) is 0 Å². The molecule has 0 radical (unpaired) electrons. The van der Waals surface area contributed by atoms with Gasteiger partial charge in [-0.3, -0.25) is 0 Å². The van der Waals surface area contributed by atoms with Gasteiger partial charge in [0.1, 0.15) is 0 Å². The molecule has 0 saturated heterocycles. The highest BCUT2D eigenvalue weighted by Crippen LogP contribution is 2.19. The van der Waals surface area contributed by atoms with Gasteiger partial charge in [-0.05, 0) is 18.7 Å². The minimum Gasteiger partial charge on any atom is -0.383 e. The third-order valence-corrected chi connectivity index (χ3v) is 4.93. The zero-order chi connectivity index (χ0) is 14.3. The highest BCUT2D eigenvalue weighted by molar-refractivity contribution is 7.89. The zero-order valence-corrected chi connectivity index (χ0v) is 12.5. The van der Waals surface area contributed by atoms with E-state index in [-0.39, 0.29) is 0 Å². The maximum atomic E-state index is 12.6. The summed E-state index contributed by atoms with van der Waals surface area (Å²) >= 11 is 0. The van der Waals surface area contributed by atoms with E-state index in [1.54, 1.807) is 26.3 Å². The number of hydrogen-bond donors (Lipinski definition) is 1. The second-order valence-corrected chi connectivity index (χ2v) is 6.03. The van der Waals surface area contributed by atoms with Crippen molar-refractivity contribution in [2.24, 2.45) is 0 Å². The molecule has 1 aromatic rings. The first-order valence-corrected chi connectivity index (χ1v) is 7.73. The molecule has 0 spiro atoms. The van der Waals surface area contributed by atoms with Crippen molar-refractivity contribution >= 4 is 10.0 Å². The molecule has 1 rings (SSSR count). The molecule has 6 heteroatoms. The van der Waals surface area contributed by atoms with Crippen LogP contribution < -0.4 is 5.32 Å². The molecule has 0 aliphatic rings. The summed E-state index contributed by atoms with van der Waals surface area (Å²) in [5, 5.41) is 2.99. The largest absolute Gasteiger partial charge is 0.383 e. The number of nitrogens with zero attached hydrogens (tertiary/aromatic N) is 1. The van der Waals surface area contributed by atoms with Gasteiger partial charge in [-0.1, -0.05) is 25.1 Å². The molecule has 1 aromatic carbocycles. The lowest BCUT2D eigenvalue weighted by Crippen LogP contribution is -2.34. The average molecular weight is 286 g/mol. The van der Waals surface area contributed by atoms with Gasteiger partial charge in [-0.15, -0.1) is 0 Å². The van der Waals surface area contributed by atoms with E-state index in [1.165, 1.54) is 4.31 Å². The molecule has 0 saturated carbocycles. The van der Waals surface area contributed by atoms with Gasteiger partial charge in [0, 0.05) is 26.7 Å². The normalized spacial score (nSPS) is 12.0. The van der Waals surface area contributed by atoms with E-state index in [9.17, 15) is 8.42 Å². The van der Waals surface area contributed by atoms with Crippen LogP contribution in [0.25, 0.3) is 0 Å². The molecule has 0 amide bonds. The third kappa shape index (κ3) is 4.01. The quantitative estimate of drug-likeness (QED) is 0.776. The predicted molar refractivity (Wildman–Crippen MR) is 75.5 cm³/mol. The number of sulfonamides is 1. The van der Waals surface area contributed by atoms with Crippen LogP contribution in [0.3, 0.4) is 0 Å². The summed E-state index contributed by atoms with van der Waals surface area (Å²) in [6.07, 6.45) is 0. The molecule has 0 fully saturated rings. The van der Waals surface area contributed by atoms with Crippen LogP contribution in [-0.2, 0) is 21.3 Å². The fourth-order valence-electron chi connectivity index (χ4n) is 1.87. The first kappa shape index (κ1) is 16.1. The molecule has 0 atom stereocenters. The van der Waals surface area contributed by atoms with Crippen molar-refractivity contribution in [3.05, 3.63) is 29.8 Å². The van der Waals surface area contributed by atoms with E-state index >= 15 is 0 Å². The Kier molecular flexibility index (Phi) is 6.44. The van der Waals surface area contributed by atoms with Gasteiger partial charge < -0.3 is 10.1 Å². The molecule has 0 heterocycles. The number of hydrogen-bond acceptors (Lipinski definition) is 4. The maximum absolute atomic E-state index is 12.6. The first-order valence-electron chi connectivity index (χ1n) is 6.29. The molecule has 0 aliphatic heterocycles. The Morgan fingerprint density at radius 3 is 2.58 bits per heavy atom. The number of nitrogens with one attached hydrogen (secondary N) is 1. The predicted octanol–water partition coefficient (Wildman–Crippen LogP) is 1.06. The van der Waals surface area contributed by atoms with E-state index in [0.717, 1.165) is 5.56 Å². The van der Waals surface area contributed by atoms with Crippen LogP contribution in [-0.4, -0.2) is 46.6 Å². The minimum atomic E-state index is -3.46. The molecular formula is C13H22N2O3S. The van der Waals surface area contributed by atoms with Crippen molar-refractivity contribution < 1.29 is 13.2 Å². The number of methoxy groups -OCH3 is 1. The summed E-state index contributed by atoms with van der Waals surface area (Å²) in [4.78, 5) is 0.363. The first-order chi connectivity index (χ1) is 9.07. The number of ether oxygens (including phenoxy) is 1. The second-order valence-electron chi connectivity index (χ2n) is 4.13. The van der Waals surface area contributed by atoms with Crippen molar-refractivity contribution in [3.8, 4) is 0 Å². The van der Waals surface area contributed by atoms with Crippen LogP contribution in [0.15, 0.2) is 29.2 Å². The van der Waals surface area contributed by atoms with Gasteiger partial charge >= 0.3 is 0 Å². The van der Waals surface area contributed by atoms with Crippen LogP contribution in [0, 0.1) is 0 Å². The lowest BCUT2D eigenvalue weighted by atomic mass is 10.2. The van der Waals surface area contributed by atoms with Gasteiger partial charge in [0.15, 0.2) is 0 Å². The minimum absolute atomic E-state index is 0.363.